The first-order valence-electron chi connectivity index (χ1n) is 7.32. The van der Waals surface area contributed by atoms with Crippen molar-refractivity contribution in [3.63, 3.8) is 0 Å². The van der Waals surface area contributed by atoms with Gasteiger partial charge in [-0.2, -0.15) is 11.8 Å². The van der Waals surface area contributed by atoms with E-state index < -0.39 is 0 Å². The van der Waals surface area contributed by atoms with E-state index >= 15 is 0 Å². The number of hydrogen-bond acceptors (Lipinski definition) is 3. The number of hydrogen-bond donors (Lipinski definition) is 2. The zero-order valence-electron chi connectivity index (χ0n) is 11.6. The van der Waals surface area contributed by atoms with E-state index in [-0.39, 0.29) is 0 Å². The molecule has 17 heavy (non-hydrogen) atoms. The maximum absolute atomic E-state index is 3.56. The highest BCUT2D eigenvalue weighted by molar-refractivity contribution is 7.99. The molecule has 1 saturated heterocycles. The van der Waals surface area contributed by atoms with Crippen LogP contribution in [-0.4, -0.2) is 37.2 Å². The summed E-state index contributed by atoms with van der Waals surface area (Å²) in [6.07, 6.45) is 6.83. The molecule has 0 amide bonds. The Morgan fingerprint density at radius 1 is 1.18 bits per heavy atom. The van der Waals surface area contributed by atoms with Crippen molar-refractivity contribution in [2.24, 2.45) is 5.92 Å². The highest BCUT2D eigenvalue weighted by Gasteiger charge is 2.12. The molecule has 1 fully saturated rings. The van der Waals surface area contributed by atoms with Crippen molar-refractivity contribution < 1.29 is 0 Å². The van der Waals surface area contributed by atoms with Crippen molar-refractivity contribution in [2.75, 3.05) is 31.9 Å². The van der Waals surface area contributed by atoms with Gasteiger partial charge in [-0.3, -0.25) is 0 Å². The molecule has 0 saturated carbocycles. The van der Waals surface area contributed by atoms with Crippen molar-refractivity contribution in [1.29, 1.82) is 0 Å². The number of nitrogens with one attached hydrogen (secondary N) is 2. The minimum absolute atomic E-state index is 0.866. The molecule has 0 atom stereocenters. The van der Waals surface area contributed by atoms with Gasteiger partial charge in [0, 0.05) is 17.5 Å². The number of piperidine rings is 1. The maximum Gasteiger partial charge on any atom is 0.00716 e. The van der Waals surface area contributed by atoms with Crippen LogP contribution >= 0.6 is 11.8 Å². The summed E-state index contributed by atoms with van der Waals surface area (Å²) in [5.41, 5.74) is 0. The monoisotopic (exact) mass is 258 g/mol. The Hall–Kier alpha value is 0.270. The molecular weight excluding hydrogens is 228 g/mol. The first-order valence-corrected chi connectivity index (χ1v) is 8.37. The second-order valence-electron chi connectivity index (χ2n) is 5.46. The molecule has 0 aliphatic carbocycles. The summed E-state index contributed by atoms with van der Waals surface area (Å²) < 4.78 is 0. The molecule has 2 N–H and O–H groups in total. The van der Waals surface area contributed by atoms with E-state index in [9.17, 15) is 0 Å². The quantitative estimate of drug-likeness (QED) is 0.622. The van der Waals surface area contributed by atoms with Crippen LogP contribution in [0.15, 0.2) is 0 Å². The van der Waals surface area contributed by atoms with Crippen molar-refractivity contribution in [2.45, 2.75) is 51.2 Å². The third-order valence-corrected chi connectivity index (χ3v) is 4.69. The number of thioether (sulfide) groups is 1. The van der Waals surface area contributed by atoms with Crippen LogP contribution in [0, 0.1) is 5.92 Å². The van der Waals surface area contributed by atoms with Crippen molar-refractivity contribution in [1.82, 2.24) is 10.6 Å². The largest absolute Gasteiger partial charge is 0.317 e. The molecule has 1 aliphatic rings. The summed E-state index contributed by atoms with van der Waals surface area (Å²) in [4.78, 5) is 0. The van der Waals surface area contributed by atoms with E-state index in [1.165, 1.54) is 64.0 Å². The minimum Gasteiger partial charge on any atom is -0.317 e. The van der Waals surface area contributed by atoms with Crippen LogP contribution in [0.5, 0.6) is 0 Å². The van der Waals surface area contributed by atoms with E-state index in [0.717, 1.165) is 11.2 Å². The molecule has 1 rings (SSSR count). The van der Waals surface area contributed by atoms with Crippen LogP contribution in [-0.2, 0) is 0 Å². The number of rotatable bonds is 9. The van der Waals surface area contributed by atoms with Gasteiger partial charge in [0.1, 0.15) is 0 Å². The predicted octanol–water partition coefficient (Wildman–Crippen LogP) is 2.89. The van der Waals surface area contributed by atoms with Gasteiger partial charge < -0.3 is 10.6 Å². The molecule has 0 spiro atoms. The van der Waals surface area contributed by atoms with Crippen LogP contribution < -0.4 is 10.6 Å². The fourth-order valence-corrected chi connectivity index (χ4v) is 3.35. The van der Waals surface area contributed by atoms with Crippen LogP contribution in [0.2, 0.25) is 0 Å². The third kappa shape index (κ3) is 8.92. The molecule has 1 aliphatic heterocycles. The summed E-state index contributed by atoms with van der Waals surface area (Å²) in [6, 6.07) is 0. The Morgan fingerprint density at radius 3 is 2.65 bits per heavy atom. The van der Waals surface area contributed by atoms with E-state index in [4.69, 9.17) is 0 Å². The lowest BCUT2D eigenvalue weighted by molar-refractivity contribution is 0.523. The Labute approximate surface area is 112 Å². The molecule has 102 valence electrons. The fraction of sp³-hybridized carbons (Fsp3) is 1.00. The highest BCUT2D eigenvalue weighted by atomic mass is 32.2. The molecule has 1 heterocycles. The zero-order chi connectivity index (χ0) is 12.3. The van der Waals surface area contributed by atoms with Crippen LogP contribution in [0.4, 0.5) is 0 Å². The highest BCUT2D eigenvalue weighted by Crippen LogP contribution is 2.19. The van der Waals surface area contributed by atoms with Gasteiger partial charge in [-0.25, -0.2) is 0 Å². The SMILES string of the molecule is CC(C)CCCCNCCSC1CCNCC1. The molecule has 0 unspecified atom stereocenters. The van der Waals surface area contributed by atoms with Crippen LogP contribution in [0.1, 0.15) is 46.0 Å². The van der Waals surface area contributed by atoms with Crippen LogP contribution in [0.3, 0.4) is 0 Å². The summed E-state index contributed by atoms with van der Waals surface area (Å²) in [5, 5.41) is 7.90. The Kier molecular flexibility index (Phi) is 9.21. The Morgan fingerprint density at radius 2 is 1.94 bits per heavy atom. The normalized spacial score (nSPS) is 17.8. The second-order valence-corrected chi connectivity index (χ2v) is 6.87. The first-order chi connectivity index (χ1) is 8.29. The average molecular weight is 258 g/mol. The molecule has 2 nitrogen and oxygen atoms in total. The minimum atomic E-state index is 0.866. The summed E-state index contributed by atoms with van der Waals surface area (Å²) in [6.45, 7) is 9.46. The van der Waals surface area contributed by atoms with Crippen molar-refractivity contribution in [3.05, 3.63) is 0 Å². The summed E-state index contributed by atoms with van der Waals surface area (Å²) in [5.74, 6) is 2.15. The second kappa shape index (κ2) is 10.2. The molecule has 0 aromatic rings. The van der Waals surface area contributed by atoms with Gasteiger partial charge in [0.05, 0.1) is 0 Å². The smallest absolute Gasteiger partial charge is 0.00716 e. The van der Waals surface area contributed by atoms with E-state index in [2.05, 4.69) is 36.2 Å². The lowest BCUT2D eigenvalue weighted by atomic mass is 10.1. The molecule has 0 radical (unpaired) electrons. The molecule has 3 heteroatoms. The maximum atomic E-state index is 3.56. The van der Waals surface area contributed by atoms with Gasteiger partial charge in [-0.1, -0.05) is 26.7 Å². The van der Waals surface area contributed by atoms with Gasteiger partial charge in [-0.05, 0) is 44.8 Å². The third-order valence-electron chi connectivity index (χ3n) is 3.30. The number of unbranched alkanes of at least 4 members (excludes halogenated alkanes) is 1. The lowest BCUT2D eigenvalue weighted by Crippen LogP contribution is -2.30. The molecule has 0 aromatic carbocycles. The first kappa shape index (κ1) is 15.3. The predicted molar refractivity (Wildman–Crippen MR) is 79.9 cm³/mol. The van der Waals surface area contributed by atoms with Crippen LogP contribution in [0.25, 0.3) is 0 Å². The van der Waals surface area contributed by atoms with Gasteiger partial charge >= 0.3 is 0 Å². The lowest BCUT2D eigenvalue weighted by Gasteiger charge is -2.22. The Bertz CT molecular complexity index is 168. The fourth-order valence-electron chi connectivity index (χ4n) is 2.19. The van der Waals surface area contributed by atoms with Crippen molar-refractivity contribution in [3.8, 4) is 0 Å². The topological polar surface area (TPSA) is 24.1 Å². The summed E-state index contributed by atoms with van der Waals surface area (Å²) in [7, 11) is 0. The average Bonchev–Trinajstić information content (AvgIpc) is 2.33. The standard InChI is InChI=1S/C14H30N2S/c1-13(2)5-3-4-8-15-11-12-17-14-6-9-16-10-7-14/h13-16H,3-12H2,1-2H3. The van der Waals surface area contributed by atoms with Gasteiger partial charge in [0.2, 0.25) is 0 Å². The van der Waals surface area contributed by atoms with E-state index in [0.29, 0.717) is 0 Å². The van der Waals surface area contributed by atoms with Gasteiger partial charge in [-0.15, -0.1) is 0 Å². The zero-order valence-corrected chi connectivity index (χ0v) is 12.5. The van der Waals surface area contributed by atoms with Crippen molar-refractivity contribution >= 4 is 11.8 Å². The summed E-state index contributed by atoms with van der Waals surface area (Å²) >= 11 is 2.16. The van der Waals surface area contributed by atoms with E-state index in [1.54, 1.807) is 0 Å². The van der Waals surface area contributed by atoms with E-state index in [1.807, 2.05) is 0 Å². The molecule has 0 bridgehead atoms. The Balaban J connectivity index is 1.78. The van der Waals surface area contributed by atoms with Gasteiger partial charge in [0.15, 0.2) is 0 Å². The van der Waals surface area contributed by atoms with Gasteiger partial charge in [0.25, 0.3) is 0 Å². The molecular formula is C14H30N2S. The molecule has 0 aromatic heterocycles.